The fourth-order valence-electron chi connectivity index (χ4n) is 1.01. The fraction of sp³-hybridized carbons (Fsp3) is 0.800. The Bertz CT molecular complexity index is 171. The molecule has 0 amide bonds. The van der Waals surface area contributed by atoms with E-state index >= 15 is 0 Å². The van der Waals surface area contributed by atoms with Gasteiger partial charge in [0, 0.05) is 0 Å². The van der Waals surface area contributed by atoms with E-state index in [-0.39, 0.29) is 11.7 Å². The maximum atomic E-state index is 5.74. The number of hydrogen-bond acceptors (Lipinski definition) is 1. The van der Waals surface area contributed by atoms with Crippen molar-refractivity contribution in [2.24, 2.45) is 0 Å². The zero-order valence-electron chi connectivity index (χ0n) is 8.90. The second kappa shape index (κ2) is 5.71. The van der Waals surface area contributed by atoms with E-state index in [2.05, 4.69) is 38.2 Å². The van der Waals surface area contributed by atoms with Gasteiger partial charge in [0.1, 0.15) is 0 Å². The Balaban J connectivity index is 4.01. The van der Waals surface area contributed by atoms with Crippen LogP contribution < -0.4 is 0 Å². The number of rotatable bonds is 3. The Hall–Kier alpha value is 0.117. The summed E-state index contributed by atoms with van der Waals surface area (Å²) >= 11 is 1.86. The van der Waals surface area contributed by atoms with Crippen LogP contribution in [0.15, 0.2) is 0 Å². The van der Waals surface area contributed by atoms with Gasteiger partial charge in [-0.15, -0.1) is 0 Å². The summed E-state index contributed by atoms with van der Waals surface area (Å²) in [5.41, 5.74) is -0.0797. The molecule has 12 heavy (non-hydrogen) atoms. The Kier molecular flexibility index (Phi) is 5.77. The van der Waals surface area contributed by atoms with Crippen molar-refractivity contribution < 1.29 is 4.74 Å². The van der Waals surface area contributed by atoms with Gasteiger partial charge in [-0.05, 0) is 0 Å². The molecule has 2 heteroatoms. The molecule has 0 spiro atoms. The first-order valence-corrected chi connectivity index (χ1v) is 4.59. The predicted molar refractivity (Wildman–Crippen MR) is 53.1 cm³/mol. The normalized spacial score (nSPS) is 13.5. The summed E-state index contributed by atoms with van der Waals surface area (Å²) in [5.74, 6) is 3.07. The molecule has 1 nitrogen and oxygen atoms in total. The second-order valence-electron chi connectivity index (χ2n) is 3.90. The minimum absolute atomic E-state index is 0.0797. The average Bonchev–Trinajstić information content (AvgIpc) is 1.84. The van der Waals surface area contributed by atoms with Crippen molar-refractivity contribution in [2.45, 2.75) is 52.2 Å². The van der Waals surface area contributed by atoms with Gasteiger partial charge in [0.2, 0.25) is 0 Å². The quantitative estimate of drug-likeness (QED) is 0.453. The van der Waals surface area contributed by atoms with Gasteiger partial charge in [-0.2, -0.15) is 0 Å². The van der Waals surface area contributed by atoms with Crippen molar-refractivity contribution in [3.05, 3.63) is 0 Å². The molecule has 0 heterocycles. The Morgan fingerprint density at radius 3 is 2.33 bits per heavy atom. The molecule has 0 radical (unpaired) electrons. The summed E-state index contributed by atoms with van der Waals surface area (Å²) in [7, 11) is 0. The first-order chi connectivity index (χ1) is 5.49. The number of hydrogen-bond donors (Lipinski definition) is 0. The van der Waals surface area contributed by atoms with Crippen LogP contribution in [-0.2, 0) is 4.74 Å². The molecule has 0 saturated heterocycles. The third kappa shape index (κ3) is 6.80. The molecule has 0 aromatic heterocycles. The molecule has 0 aliphatic rings. The van der Waals surface area contributed by atoms with Crippen LogP contribution in [0.2, 0.25) is 0 Å². The van der Waals surface area contributed by atoms with Crippen molar-refractivity contribution in [1.29, 1.82) is 0 Å². The monoisotopic (exact) mass is 160 g/mol. The van der Waals surface area contributed by atoms with Crippen molar-refractivity contribution in [2.75, 3.05) is 0 Å². The van der Waals surface area contributed by atoms with Crippen LogP contribution in [-0.4, -0.2) is 29.4 Å². The van der Waals surface area contributed by atoms with Gasteiger partial charge in [-0.3, -0.25) is 0 Å². The summed E-state index contributed by atoms with van der Waals surface area (Å²) in [6.07, 6.45) is 2.26. The molecule has 0 aromatic carbocycles. The van der Waals surface area contributed by atoms with Crippen LogP contribution in [0.25, 0.3) is 0 Å². The Morgan fingerprint density at radius 2 is 2.00 bits per heavy atom. The minimum atomic E-state index is -0.0797. The zero-order chi connectivity index (χ0) is 9.61. The van der Waals surface area contributed by atoms with E-state index in [1.54, 1.807) is 0 Å². The third-order valence-electron chi connectivity index (χ3n) is 1.35. The third-order valence-corrected chi connectivity index (χ3v) is 1.35. The van der Waals surface area contributed by atoms with Crippen molar-refractivity contribution in [3.63, 3.8) is 0 Å². The summed E-state index contributed by atoms with van der Waals surface area (Å²) in [5, 5.41) is 0. The summed E-state index contributed by atoms with van der Waals surface area (Å²) in [6.45, 7) is 8.34. The maximum absolute atomic E-state index is 5.74. The topological polar surface area (TPSA) is 9.23 Å². The van der Waals surface area contributed by atoms with Gasteiger partial charge in [-0.1, -0.05) is 0 Å². The van der Waals surface area contributed by atoms with Crippen LogP contribution in [0.5, 0.6) is 0 Å². The van der Waals surface area contributed by atoms with Gasteiger partial charge in [-0.25, -0.2) is 0 Å². The first kappa shape index (κ1) is 12.1. The molecule has 64 valence electrons. The van der Waals surface area contributed by atoms with E-state index in [4.69, 9.17) is 4.74 Å². The molecule has 0 aliphatic carbocycles. The summed E-state index contributed by atoms with van der Waals surface area (Å²) in [6, 6.07) is 0. The van der Waals surface area contributed by atoms with Gasteiger partial charge >= 0.3 is 85.2 Å². The summed E-state index contributed by atoms with van der Waals surface area (Å²) in [4.78, 5) is 0. The number of ether oxygens (including phenoxy) is 1. The molecule has 0 N–H and O–H groups in total. The van der Waals surface area contributed by atoms with Gasteiger partial charge < -0.3 is 0 Å². The molecule has 0 bridgehead atoms. The fourth-order valence-corrected chi connectivity index (χ4v) is 1.01. The molecular weight excluding hydrogens is 143 g/mol. The van der Waals surface area contributed by atoms with E-state index < -0.39 is 0 Å². The zero-order valence-corrected chi connectivity index (χ0v) is 8.90. The Labute approximate surface area is 85.5 Å². The van der Waals surface area contributed by atoms with E-state index in [0.717, 1.165) is 12.8 Å². The van der Waals surface area contributed by atoms with Gasteiger partial charge in [0.15, 0.2) is 0 Å². The summed E-state index contributed by atoms with van der Waals surface area (Å²) < 4.78 is 8.65. The standard InChI is InChI=1S/C10H17O.Li/c1-6-8-9(7-2)11-10(3,4)5;/h9H,6,8H2,1,3-5H3;. The van der Waals surface area contributed by atoms with Crippen molar-refractivity contribution in [3.8, 4) is 10.5 Å². The molecule has 0 rings (SSSR count). The van der Waals surface area contributed by atoms with Gasteiger partial charge in [0.05, 0.1) is 0 Å². The van der Waals surface area contributed by atoms with Crippen molar-refractivity contribution >= 4 is 17.7 Å². The van der Waals surface area contributed by atoms with E-state index in [0.29, 0.717) is 0 Å². The SMILES string of the molecule is [Li][C]#CC(CCC)OC(C)(C)C. The molecule has 0 aromatic rings. The van der Waals surface area contributed by atoms with Crippen LogP contribution in [0.1, 0.15) is 40.5 Å². The van der Waals surface area contributed by atoms with E-state index in [1.165, 1.54) is 0 Å². The van der Waals surface area contributed by atoms with Crippen LogP contribution in [0.4, 0.5) is 0 Å². The molecule has 1 unspecified atom stereocenters. The van der Waals surface area contributed by atoms with E-state index in [1.807, 2.05) is 17.7 Å². The van der Waals surface area contributed by atoms with Crippen LogP contribution in [0.3, 0.4) is 0 Å². The van der Waals surface area contributed by atoms with Crippen LogP contribution >= 0.6 is 0 Å². The molecule has 0 saturated carbocycles. The van der Waals surface area contributed by atoms with Gasteiger partial charge in [0.25, 0.3) is 0 Å². The molecular formula is C10H17LiO. The average molecular weight is 160 g/mol. The molecule has 0 fully saturated rings. The van der Waals surface area contributed by atoms with Crippen LogP contribution in [0, 0.1) is 10.5 Å². The van der Waals surface area contributed by atoms with Crippen molar-refractivity contribution in [1.82, 2.24) is 0 Å². The predicted octanol–water partition coefficient (Wildman–Crippen LogP) is 2.10. The second-order valence-corrected chi connectivity index (χ2v) is 3.90. The first-order valence-electron chi connectivity index (χ1n) is 4.59. The molecule has 0 aliphatic heterocycles. The van der Waals surface area contributed by atoms with E-state index in [9.17, 15) is 0 Å². The molecule has 1 atom stereocenters. The Morgan fingerprint density at radius 1 is 1.42 bits per heavy atom.